The van der Waals surface area contributed by atoms with Crippen LogP contribution in [0.1, 0.15) is 25.8 Å². The van der Waals surface area contributed by atoms with Gasteiger partial charge in [0, 0.05) is 19.6 Å². The largest absolute Gasteiger partial charge is 0.378 e. The molecule has 1 saturated heterocycles. The third kappa shape index (κ3) is 4.79. The van der Waals surface area contributed by atoms with Gasteiger partial charge in [0.2, 0.25) is 11.8 Å². The number of nitrogens with zero attached hydrogens (tertiary/aromatic N) is 1. The third-order valence-corrected chi connectivity index (χ3v) is 4.17. The summed E-state index contributed by atoms with van der Waals surface area (Å²) < 4.78 is 5.25. The molecule has 0 atom stereocenters. The Kier molecular flexibility index (Phi) is 6.16. The molecular weight excluding hydrogens is 292 g/mol. The highest BCUT2D eigenvalue weighted by molar-refractivity contribution is 6.04. The molecule has 1 heterocycles. The van der Waals surface area contributed by atoms with Crippen molar-refractivity contribution < 1.29 is 14.3 Å². The van der Waals surface area contributed by atoms with Crippen LogP contribution in [0.2, 0.25) is 0 Å². The fourth-order valence-corrected chi connectivity index (χ4v) is 2.62. The number of rotatable bonds is 6. The van der Waals surface area contributed by atoms with E-state index in [2.05, 4.69) is 17.4 Å². The third-order valence-electron chi connectivity index (χ3n) is 4.17. The highest BCUT2D eigenvalue weighted by Crippen LogP contribution is 2.20. The molecule has 5 heteroatoms. The highest BCUT2D eigenvalue weighted by atomic mass is 16.5. The summed E-state index contributed by atoms with van der Waals surface area (Å²) in [4.78, 5) is 26.6. The van der Waals surface area contributed by atoms with E-state index in [1.54, 1.807) is 18.7 Å². The van der Waals surface area contributed by atoms with E-state index in [1.807, 2.05) is 18.2 Å². The van der Waals surface area contributed by atoms with E-state index in [-0.39, 0.29) is 11.8 Å². The van der Waals surface area contributed by atoms with Gasteiger partial charge in [0.25, 0.3) is 0 Å². The number of carbonyl (C=O) groups excluding carboxylic acids is 2. The van der Waals surface area contributed by atoms with Crippen LogP contribution in [0.3, 0.4) is 0 Å². The zero-order valence-corrected chi connectivity index (χ0v) is 14.0. The number of amides is 2. The molecule has 1 aromatic rings. The molecule has 1 aliphatic heterocycles. The van der Waals surface area contributed by atoms with Crippen LogP contribution in [0, 0.1) is 5.41 Å². The first-order valence-electron chi connectivity index (χ1n) is 8.21. The summed E-state index contributed by atoms with van der Waals surface area (Å²) in [6, 6.07) is 10.2. The van der Waals surface area contributed by atoms with E-state index in [9.17, 15) is 9.59 Å². The van der Waals surface area contributed by atoms with Crippen molar-refractivity contribution in [1.82, 2.24) is 10.2 Å². The Balaban J connectivity index is 1.77. The maximum atomic E-state index is 12.5. The smallest absolute Gasteiger partial charge is 0.237 e. The molecule has 0 aliphatic carbocycles. The molecule has 1 aliphatic rings. The Hall–Kier alpha value is -1.88. The van der Waals surface area contributed by atoms with Crippen LogP contribution in [0.25, 0.3) is 0 Å². The van der Waals surface area contributed by atoms with Gasteiger partial charge >= 0.3 is 0 Å². The maximum absolute atomic E-state index is 12.5. The molecule has 126 valence electrons. The van der Waals surface area contributed by atoms with E-state index in [0.29, 0.717) is 32.8 Å². The molecule has 0 spiro atoms. The Morgan fingerprint density at radius 1 is 1.17 bits per heavy atom. The van der Waals surface area contributed by atoms with Crippen molar-refractivity contribution in [2.45, 2.75) is 26.7 Å². The fraction of sp³-hybridized carbons (Fsp3) is 0.556. The Labute approximate surface area is 138 Å². The van der Waals surface area contributed by atoms with Crippen LogP contribution in [0.15, 0.2) is 30.3 Å². The molecule has 0 unspecified atom stereocenters. The lowest BCUT2D eigenvalue weighted by Gasteiger charge is -2.33. The summed E-state index contributed by atoms with van der Waals surface area (Å²) in [6.45, 7) is 6.16. The minimum absolute atomic E-state index is 0.124. The zero-order valence-electron chi connectivity index (χ0n) is 14.0. The van der Waals surface area contributed by atoms with Gasteiger partial charge in [-0.25, -0.2) is 0 Å². The van der Waals surface area contributed by atoms with Crippen molar-refractivity contribution in [2.75, 3.05) is 32.8 Å². The van der Waals surface area contributed by atoms with Crippen molar-refractivity contribution in [3.63, 3.8) is 0 Å². The number of hydrogen-bond donors (Lipinski definition) is 1. The molecule has 1 N–H and O–H groups in total. The average Bonchev–Trinajstić information content (AvgIpc) is 2.59. The Morgan fingerprint density at radius 3 is 2.48 bits per heavy atom. The van der Waals surface area contributed by atoms with Gasteiger partial charge in [0.15, 0.2) is 0 Å². The summed E-state index contributed by atoms with van der Waals surface area (Å²) in [5, 5.41) is 2.90. The number of aryl methyl sites for hydroxylation is 1. The number of nitrogens with one attached hydrogen (secondary N) is 1. The second-order valence-electron chi connectivity index (χ2n) is 6.37. The van der Waals surface area contributed by atoms with Crippen molar-refractivity contribution >= 4 is 11.8 Å². The quantitative estimate of drug-likeness (QED) is 0.640. The molecule has 2 rings (SSSR count). The van der Waals surface area contributed by atoms with Gasteiger partial charge < -0.3 is 15.0 Å². The summed E-state index contributed by atoms with van der Waals surface area (Å²) in [6.07, 6.45) is 1.77. The zero-order chi connectivity index (χ0) is 16.7. The van der Waals surface area contributed by atoms with Crippen LogP contribution < -0.4 is 5.32 Å². The summed E-state index contributed by atoms with van der Waals surface area (Å²) >= 11 is 0. The lowest BCUT2D eigenvalue weighted by atomic mass is 9.90. The number of carbonyl (C=O) groups is 2. The predicted octanol–water partition coefficient (Wildman–Crippen LogP) is 1.62. The highest BCUT2D eigenvalue weighted by Gasteiger charge is 2.39. The molecule has 23 heavy (non-hydrogen) atoms. The summed E-state index contributed by atoms with van der Waals surface area (Å²) in [7, 11) is 0. The lowest BCUT2D eigenvalue weighted by molar-refractivity contribution is -0.151. The fourth-order valence-electron chi connectivity index (χ4n) is 2.62. The molecule has 0 aromatic heterocycles. The van der Waals surface area contributed by atoms with Crippen LogP contribution in [0.4, 0.5) is 0 Å². The maximum Gasteiger partial charge on any atom is 0.237 e. The molecule has 1 aromatic carbocycles. The van der Waals surface area contributed by atoms with Crippen molar-refractivity contribution in [2.24, 2.45) is 5.41 Å². The first kappa shape index (κ1) is 17.5. The average molecular weight is 318 g/mol. The van der Waals surface area contributed by atoms with Crippen LogP contribution in [0.5, 0.6) is 0 Å². The summed E-state index contributed by atoms with van der Waals surface area (Å²) in [5.41, 5.74) is 0.217. The molecule has 0 saturated carbocycles. The minimum Gasteiger partial charge on any atom is -0.378 e. The molecule has 2 amide bonds. The van der Waals surface area contributed by atoms with E-state index < -0.39 is 5.41 Å². The van der Waals surface area contributed by atoms with Gasteiger partial charge in [-0.15, -0.1) is 0 Å². The monoisotopic (exact) mass is 318 g/mol. The van der Waals surface area contributed by atoms with Crippen LogP contribution in [-0.2, 0) is 20.7 Å². The number of hydrogen-bond acceptors (Lipinski definition) is 3. The van der Waals surface area contributed by atoms with Gasteiger partial charge in [0.1, 0.15) is 5.41 Å². The standard InChI is InChI=1S/C18H26N2O3/c1-18(2,17(22)20-11-13-23-14-12-20)16(21)19-10-6-9-15-7-4-3-5-8-15/h3-5,7-8H,6,9-14H2,1-2H3,(H,19,21). The second-order valence-corrected chi connectivity index (χ2v) is 6.37. The molecule has 0 bridgehead atoms. The topological polar surface area (TPSA) is 58.6 Å². The van der Waals surface area contributed by atoms with Gasteiger partial charge in [-0.2, -0.15) is 0 Å². The molecule has 1 fully saturated rings. The van der Waals surface area contributed by atoms with Gasteiger partial charge in [-0.3, -0.25) is 9.59 Å². The molecular formula is C18H26N2O3. The minimum atomic E-state index is -1.04. The van der Waals surface area contributed by atoms with Gasteiger partial charge in [-0.05, 0) is 32.3 Å². The van der Waals surface area contributed by atoms with Crippen molar-refractivity contribution in [1.29, 1.82) is 0 Å². The Morgan fingerprint density at radius 2 is 1.83 bits per heavy atom. The first-order chi connectivity index (χ1) is 11.0. The van der Waals surface area contributed by atoms with Crippen LogP contribution >= 0.6 is 0 Å². The van der Waals surface area contributed by atoms with E-state index in [1.165, 1.54) is 5.56 Å². The summed E-state index contributed by atoms with van der Waals surface area (Å²) in [5.74, 6) is -0.330. The SMILES string of the molecule is CC(C)(C(=O)NCCCc1ccccc1)C(=O)N1CCOCC1. The van der Waals surface area contributed by atoms with Gasteiger partial charge in [-0.1, -0.05) is 30.3 Å². The lowest BCUT2D eigenvalue weighted by Crippen LogP contribution is -2.52. The van der Waals surface area contributed by atoms with Crippen molar-refractivity contribution in [3.05, 3.63) is 35.9 Å². The normalized spacial score (nSPS) is 15.3. The first-order valence-corrected chi connectivity index (χ1v) is 8.21. The van der Waals surface area contributed by atoms with E-state index in [0.717, 1.165) is 12.8 Å². The number of benzene rings is 1. The molecule has 0 radical (unpaired) electrons. The molecule has 5 nitrogen and oxygen atoms in total. The van der Waals surface area contributed by atoms with E-state index >= 15 is 0 Å². The number of morpholine rings is 1. The van der Waals surface area contributed by atoms with E-state index in [4.69, 9.17) is 4.74 Å². The predicted molar refractivity (Wildman–Crippen MR) is 89.0 cm³/mol. The second kappa shape index (κ2) is 8.11. The Bertz CT molecular complexity index is 522. The van der Waals surface area contributed by atoms with Crippen LogP contribution in [-0.4, -0.2) is 49.6 Å². The number of ether oxygens (including phenoxy) is 1. The van der Waals surface area contributed by atoms with Gasteiger partial charge in [0.05, 0.1) is 13.2 Å². The van der Waals surface area contributed by atoms with Crippen molar-refractivity contribution in [3.8, 4) is 0 Å².